The van der Waals surface area contributed by atoms with Crippen molar-refractivity contribution in [2.24, 2.45) is 16.3 Å². The summed E-state index contributed by atoms with van der Waals surface area (Å²) in [6.07, 6.45) is 9.45. The third kappa shape index (κ3) is 9.43. The SMILES string of the molecule is C/C=C(C)\C=C1\N=C(C(=O)N2CCc3ccccc3C2C)C=C(C2CC2)N1C.CC.CC.COC(C)(C)C(C)(C)C. The van der Waals surface area contributed by atoms with Gasteiger partial charge in [0, 0.05) is 26.4 Å². The highest BCUT2D eigenvalue weighted by molar-refractivity contribution is 6.43. The van der Waals surface area contributed by atoms with E-state index in [2.05, 4.69) is 96.8 Å². The third-order valence-electron chi connectivity index (χ3n) is 8.45. The van der Waals surface area contributed by atoms with Crippen LogP contribution in [0.15, 0.2) is 64.6 Å². The lowest BCUT2D eigenvalue weighted by Gasteiger charge is -2.37. The van der Waals surface area contributed by atoms with Crippen LogP contribution in [-0.2, 0) is 16.0 Å². The van der Waals surface area contributed by atoms with Gasteiger partial charge in [0.05, 0.1) is 11.6 Å². The van der Waals surface area contributed by atoms with E-state index in [1.165, 1.54) is 29.7 Å². The molecule has 1 atom stereocenters. The van der Waals surface area contributed by atoms with Crippen molar-refractivity contribution in [1.29, 1.82) is 0 Å². The zero-order valence-corrected chi connectivity index (χ0v) is 28.7. The summed E-state index contributed by atoms with van der Waals surface area (Å²) in [6.45, 7) is 25.7. The second kappa shape index (κ2) is 16.1. The second-order valence-electron chi connectivity index (χ2n) is 12.0. The van der Waals surface area contributed by atoms with Gasteiger partial charge in [-0.1, -0.05) is 84.4 Å². The van der Waals surface area contributed by atoms with Crippen LogP contribution in [-0.4, -0.2) is 47.7 Å². The maximum Gasteiger partial charge on any atom is 0.273 e. The molecule has 2 aliphatic heterocycles. The molecule has 230 valence electrons. The van der Waals surface area contributed by atoms with E-state index in [1.807, 2.05) is 45.6 Å². The van der Waals surface area contributed by atoms with Gasteiger partial charge in [-0.2, -0.15) is 0 Å². The van der Waals surface area contributed by atoms with Gasteiger partial charge in [-0.25, -0.2) is 4.99 Å². The van der Waals surface area contributed by atoms with Crippen LogP contribution in [0.4, 0.5) is 0 Å². The highest BCUT2D eigenvalue weighted by Gasteiger charge is 2.36. The Morgan fingerprint density at radius 2 is 1.63 bits per heavy atom. The summed E-state index contributed by atoms with van der Waals surface area (Å²) in [4.78, 5) is 22.4. The third-order valence-corrected chi connectivity index (χ3v) is 8.45. The minimum atomic E-state index is -0.0208. The molecule has 1 aromatic rings. The summed E-state index contributed by atoms with van der Waals surface area (Å²) in [5.41, 5.74) is 5.74. The van der Waals surface area contributed by atoms with Crippen LogP contribution in [0, 0.1) is 11.3 Å². The molecule has 0 spiro atoms. The van der Waals surface area contributed by atoms with Gasteiger partial charge in [0.1, 0.15) is 11.5 Å². The smallest absolute Gasteiger partial charge is 0.273 e. The molecular formula is C36H59N3O2. The minimum absolute atomic E-state index is 0.0208. The molecule has 1 fully saturated rings. The number of hydrogen-bond acceptors (Lipinski definition) is 4. The molecule has 0 N–H and O–H groups in total. The molecule has 3 aliphatic rings. The number of fused-ring (bicyclic) bond motifs is 1. The average molecular weight is 566 g/mol. The van der Waals surface area contributed by atoms with Gasteiger partial charge in [0.25, 0.3) is 5.91 Å². The van der Waals surface area contributed by atoms with Crippen LogP contribution in [0.3, 0.4) is 0 Å². The molecule has 1 amide bonds. The first-order chi connectivity index (χ1) is 19.3. The van der Waals surface area contributed by atoms with Crippen LogP contribution in [0.25, 0.3) is 0 Å². The van der Waals surface area contributed by atoms with Crippen molar-refractivity contribution in [1.82, 2.24) is 9.80 Å². The molecule has 0 radical (unpaired) electrons. The Hall–Kier alpha value is -2.66. The van der Waals surface area contributed by atoms with E-state index in [0.29, 0.717) is 11.6 Å². The maximum absolute atomic E-state index is 13.5. The average Bonchev–Trinajstić information content (AvgIpc) is 3.81. The van der Waals surface area contributed by atoms with Crippen LogP contribution < -0.4 is 0 Å². The van der Waals surface area contributed by atoms with Crippen LogP contribution in [0.5, 0.6) is 0 Å². The lowest BCUT2D eigenvalue weighted by atomic mass is 9.79. The minimum Gasteiger partial charge on any atom is -0.378 e. The van der Waals surface area contributed by atoms with Gasteiger partial charge < -0.3 is 14.5 Å². The van der Waals surface area contributed by atoms with Crippen molar-refractivity contribution in [3.05, 3.63) is 70.7 Å². The van der Waals surface area contributed by atoms with Gasteiger partial charge in [0.15, 0.2) is 0 Å². The number of allylic oxidation sites excluding steroid dienone is 4. The number of aliphatic imine (C=N–C) groups is 1. The van der Waals surface area contributed by atoms with Gasteiger partial charge in [-0.15, -0.1) is 0 Å². The lowest BCUT2D eigenvalue weighted by molar-refractivity contribution is -0.126. The molecule has 4 rings (SSSR count). The van der Waals surface area contributed by atoms with E-state index >= 15 is 0 Å². The monoisotopic (exact) mass is 565 g/mol. The molecular weight excluding hydrogens is 506 g/mol. The number of amides is 1. The van der Waals surface area contributed by atoms with Crippen molar-refractivity contribution in [3.8, 4) is 0 Å². The fourth-order valence-corrected chi connectivity index (χ4v) is 4.40. The number of carbonyl (C=O) groups is 1. The molecule has 0 saturated heterocycles. The number of benzene rings is 1. The van der Waals surface area contributed by atoms with E-state index in [1.54, 1.807) is 7.11 Å². The predicted octanol–water partition coefficient (Wildman–Crippen LogP) is 9.13. The first-order valence-corrected chi connectivity index (χ1v) is 15.6. The maximum atomic E-state index is 13.5. The van der Waals surface area contributed by atoms with Gasteiger partial charge in [-0.3, -0.25) is 4.79 Å². The summed E-state index contributed by atoms with van der Waals surface area (Å²) in [7, 11) is 3.81. The van der Waals surface area contributed by atoms with Crippen LogP contribution in [0.1, 0.15) is 113 Å². The topological polar surface area (TPSA) is 45.1 Å². The Labute approximate surface area is 252 Å². The van der Waals surface area contributed by atoms with E-state index in [4.69, 9.17) is 9.73 Å². The molecule has 1 aromatic carbocycles. The predicted molar refractivity (Wildman–Crippen MR) is 177 cm³/mol. The Kier molecular flexibility index (Phi) is 14.3. The largest absolute Gasteiger partial charge is 0.378 e. The van der Waals surface area contributed by atoms with E-state index in [9.17, 15) is 4.79 Å². The van der Waals surface area contributed by atoms with Crippen molar-refractivity contribution in [2.75, 3.05) is 20.7 Å². The van der Waals surface area contributed by atoms with Crippen molar-refractivity contribution >= 4 is 11.6 Å². The zero-order chi connectivity index (χ0) is 31.5. The summed E-state index contributed by atoms with van der Waals surface area (Å²) in [6, 6.07) is 8.52. The second-order valence-corrected chi connectivity index (χ2v) is 12.0. The van der Waals surface area contributed by atoms with E-state index in [0.717, 1.165) is 24.4 Å². The normalized spacial score (nSPS) is 19.8. The Balaban J connectivity index is 0.000000551. The molecule has 0 aromatic heterocycles. The number of ether oxygens (including phenoxy) is 1. The number of methoxy groups -OCH3 is 1. The highest BCUT2D eigenvalue weighted by atomic mass is 16.5. The quantitative estimate of drug-likeness (QED) is 0.366. The molecule has 41 heavy (non-hydrogen) atoms. The molecule has 2 heterocycles. The van der Waals surface area contributed by atoms with Crippen molar-refractivity contribution in [2.45, 2.75) is 114 Å². The molecule has 1 aliphatic carbocycles. The van der Waals surface area contributed by atoms with Crippen LogP contribution >= 0.6 is 0 Å². The molecule has 5 heteroatoms. The van der Waals surface area contributed by atoms with Crippen molar-refractivity contribution < 1.29 is 9.53 Å². The lowest BCUT2D eigenvalue weighted by Crippen LogP contribution is -2.43. The molecule has 5 nitrogen and oxygen atoms in total. The standard InChI is InChI=1S/C24H29N3O.C8H18O.2C2H6/c1-5-16(2)14-23-25-21(15-22(26(23)4)19-10-11-19)24(28)27-13-12-18-8-6-7-9-20(18)17(27)3;1-7(2,3)8(4,5)9-6;2*1-2/h5-9,14-15,17,19H,10-13H2,1-4H3;1-6H3;2*1-2H3/b16-5-,23-14-;;;. The number of carbonyl (C=O) groups excluding carboxylic acids is 1. The van der Waals surface area contributed by atoms with E-state index in [-0.39, 0.29) is 23.0 Å². The summed E-state index contributed by atoms with van der Waals surface area (Å²) >= 11 is 0. The first-order valence-electron chi connectivity index (χ1n) is 15.6. The van der Waals surface area contributed by atoms with Gasteiger partial charge in [0.2, 0.25) is 0 Å². The Morgan fingerprint density at radius 1 is 1.05 bits per heavy atom. The van der Waals surface area contributed by atoms with E-state index < -0.39 is 0 Å². The van der Waals surface area contributed by atoms with Gasteiger partial charge in [-0.05, 0) is 88.5 Å². The first kappa shape index (κ1) is 36.4. The highest BCUT2D eigenvalue weighted by Crippen LogP contribution is 2.41. The summed E-state index contributed by atoms with van der Waals surface area (Å²) < 4.78 is 5.30. The van der Waals surface area contributed by atoms with Gasteiger partial charge >= 0.3 is 0 Å². The number of hydrogen-bond donors (Lipinski definition) is 0. The summed E-state index contributed by atoms with van der Waals surface area (Å²) in [5, 5.41) is 0. The number of nitrogens with zero attached hydrogens (tertiary/aromatic N) is 3. The van der Waals surface area contributed by atoms with Crippen LogP contribution in [0.2, 0.25) is 0 Å². The fourth-order valence-electron chi connectivity index (χ4n) is 4.40. The summed E-state index contributed by atoms with van der Waals surface area (Å²) in [5.74, 6) is 1.45. The molecule has 1 saturated carbocycles. The molecule has 0 bridgehead atoms. The zero-order valence-electron chi connectivity index (χ0n) is 28.7. The fraction of sp³-hybridized carbons (Fsp3) is 0.611. The Morgan fingerprint density at radius 3 is 2.12 bits per heavy atom. The van der Waals surface area contributed by atoms with Crippen molar-refractivity contribution in [3.63, 3.8) is 0 Å². The molecule has 1 unspecified atom stereocenters. The Bertz CT molecular complexity index is 1110. The number of rotatable bonds is 4.